The summed E-state index contributed by atoms with van der Waals surface area (Å²) in [7, 11) is 0. The van der Waals surface area contributed by atoms with Crippen LogP contribution in [-0.4, -0.2) is 40.7 Å². The molecule has 1 aliphatic rings. The minimum atomic E-state index is -0.993. The van der Waals surface area contributed by atoms with Gasteiger partial charge in [-0.3, -0.25) is 19.3 Å². The van der Waals surface area contributed by atoms with E-state index in [0.29, 0.717) is 6.42 Å². The predicted molar refractivity (Wildman–Crippen MR) is 122 cm³/mol. The van der Waals surface area contributed by atoms with Gasteiger partial charge in [-0.25, -0.2) is 4.79 Å². The Morgan fingerprint density at radius 1 is 1.06 bits per heavy atom. The first-order chi connectivity index (χ1) is 15.9. The van der Waals surface area contributed by atoms with Crippen LogP contribution in [0.25, 0.3) is 0 Å². The molecule has 174 valence electrons. The molecule has 8 nitrogen and oxygen atoms in total. The number of ketones is 1. The maximum atomic E-state index is 13.2. The monoisotopic (exact) mass is 451 g/mol. The number of hydrogen-bond acceptors (Lipinski definition) is 5. The number of fused-ring (bicyclic) bond motifs is 1. The molecule has 2 aromatic carbocycles. The Bertz CT molecular complexity index is 1010. The number of carbonyl (C=O) groups excluding carboxylic acids is 4. The highest BCUT2D eigenvalue weighted by molar-refractivity contribution is 5.91. The normalized spacial score (nSPS) is 15.8. The largest absolute Gasteiger partial charge is 0.445 e. The number of nitrogens with two attached hydrogens (primary N) is 1. The number of carbonyl (C=O) groups is 4. The molecule has 3 amide bonds. The summed E-state index contributed by atoms with van der Waals surface area (Å²) in [5.74, 6) is -1.25. The van der Waals surface area contributed by atoms with Crippen LogP contribution in [0.4, 0.5) is 4.79 Å². The topological polar surface area (TPSA) is 119 Å². The van der Waals surface area contributed by atoms with Crippen LogP contribution in [0.1, 0.15) is 42.9 Å². The van der Waals surface area contributed by atoms with Gasteiger partial charge in [-0.1, -0.05) is 61.5 Å². The van der Waals surface area contributed by atoms with Gasteiger partial charge < -0.3 is 15.8 Å². The second kappa shape index (κ2) is 11.3. The highest BCUT2D eigenvalue weighted by atomic mass is 16.6. The van der Waals surface area contributed by atoms with Crippen molar-refractivity contribution in [1.82, 2.24) is 10.2 Å². The third kappa shape index (κ3) is 6.41. The van der Waals surface area contributed by atoms with Crippen LogP contribution in [0.15, 0.2) is 54.6 Å². The van der Waals surface area contributed by atoms with Gasteiger partial charge in [-0.2, -0.15) is 0 Å². The van der Waals surface area contributed by atoms with Crippen LogP contribution in [0.5, 0.6) is 0 Å². The standard InChI is InChI=1S/C25H29N3O5/c1-2-20(29)12-13-21(23(26)30)27-24(31)22-14-18-10-6-7-11-19(18)15-28(22)25(32)33-16-17-8-4-3-5-9-17/h3-11,21-22H,2,12-16H2,1H3,(H2,26,30)(H,27,31)/t21-,22+/m1/s1. The molecular weight excluding hydrogens is 422 g/mol. The lowest BCUT2D eigenvalue weighted by Crippen LogP contribution is -2.56. The van der Waals surface area contributed by atoms with Crippen molar-refractivity contribution >= 4 is 23.7 Å². The summed E-state index contributed by atoms with van der Waals surface area (Å²) in [6.07, 6.45) is 0.267. The van der Waals surface area contributed by atoms with Crippen molar-refractivity contribution in [3.05, 3.63) is 71.3 Å². The Morgan fingerprint density at radius 2 is 1.73 bits per heavy atom. The average Bonchev–Trinajstić information content (AvgIpc) is 2.84. The molecule has 0 unspecified atom stereocenters. The molecule has 0 saturated heterocycles. The van der Waals surface area contributed by atoms with Crippen LogP contribution in [0.2, 0.25) is 0 Å². The quantitative estimate of drug-likeness (QED) is 0.607. The molecule has 0 spiro atoms. The van der Waals surface area contributed by atoms with Gasteiger partial charge in [-0.05, 0) is 23.1 Å². The fourth-order valence-corrected chi connectivity index (χ4v) is 3.79. The van der Waals surface area contributed by atoms with Crippen molar-refractivity contribution in [2.75, 3.05) is 0 Å². The molecular formula is C25H29N3O5. The fourth-order valence-electron chi connectivity index (χ4n) is 3.79. The molecule has 1 aliphatic heterocycles. The summed E-state index contributed by atoms with van der Waals surface area (Å²) in [5, 5.41) is 2.64. The molecule has 33 heavy (non-hydrogen) atoms. The van der Waals surface area contributed by atoms with Gasteiger partial charge in [-0.15, -0.1) is 0 Å². The van der Waals surface area contributed by atoms with Crippen LogP contribution in [0.3, 0.4) is 0 Å². The van der Waals surface area contributed by atoms with Gasteiger partial charge >= 0.3 is 6.09 Å². The predicted octanol–water partition coefficient (Wildman–Crippen LogP) is 2.48. The number of hydrogen-bond donors (Lipinski definition) is 2. The smallest absolute Gasteiger partial charge is 0.411 e. The van der Waals surface area contributed by atoms with Gasteiger partial charge in [0.15, 0.2) is 0 Å². The van der Waals surface area contributed by atoms with Crippen LogP contribution >= 0.6 is 0 Å². The molecule has 0 bridgehead atoms. The summed E-state index contributed by atoms with van der Waals surface area (Å²) >= 11 is 0. The molecule has 0 saturated carbocycles. The first kappa shape index (κ1) is 24.0. The zero-order valence-electron chi connectivity index (χ0n) is 18.7. The highest BCUT2D eigenvalue weighted by Gasteiger charge is 2.37. The Hall–Kier alpha value is -3.68. The third-order valence-corrected chi connectivity index (χ3v) is 5.76. The van der Waals surface area contributed by atoms with Crippen molar-refractivity contribution < 1.29 is 23.9 Å². The Kier molecular flexibility index (Phi) is 8.18. The number of benzene rings is 2. The zero-order chi connectivity index (χ0) is 23.8. The molecule has 2 atom stereocenters. The number of nitrogens with one attached hydrogen (secondary N) is 1. The van der Waals surface area contributed by atoms with E-state index >= 15 is 0 Å². The van der Waals surface area contributed by atoms with Crippen molar-refractivity contribution in [2.45, 2.75) is 57.8 Å². The van der Waals surface area contributed by atoms with E-state index in [1.165, 1.54) is 4.90 Å². The van der Waals surface area contributed by atoms with Crippen LogP contribution in [0, 0.1) is 0 Å². The molecule has 0 aliphatic carbocycles. The molecule has 1 heterocycles. The number of primary amides is 1. The first-order valence-corrected chi connectivity index (χ1v) is 11.0. The minimum Gasteiger partial charge on any atom is -0.445 e. The lowest BCUT2D eigenvalue weighted by atomic mass is 9.93. The van der Waals surface area contributed by atoms with Crippen LogP contribution < -0.4 is 11.1 Å². The fraction of sp³-hybridized carbons (Fsp3) is 0.360. The SMILES string of the molecule is CCC(=O)CC[C@@H](NC(=O)[C@@H]1Cc2ccccc2CN1C(=O)OCc1ccccc1)C(N)=O. The Labute approximate surface area is 193 Å². The Balaban J connectivity index is 1.75. The highest BCUT2D eigenvalue weighted by Crippen LogP contribution is 2.24. The minimum absolute atomic E-state index is 0.0202. The second-order valence-corrected chi connectivity index (χ2v) is 8.05. The van der Waals surface area contributed by atoms with Crippen molar-refractivity contribution in [2.24, 2.45) is 5.73 Å². The van der Waals surface area contributed by atoms with E-state index in [9.17, 15) is 19.2 Å². The summed E-state index contributed by atoms with van der Waals surface area (Å²) < 4.78 is 5.48. The van der Waals surface area contributed by atoms with Gasteiger partial charge in [0, 0.05) is 19.3 Å². The average molecular weight is 452 g/mol. The number of ether oxygens (including phenoxy) is 1. The lowest BCUT2D eigenvalue weighted by molar-refractivity contribution is -0.131. The van der Waals surface area contributed by atoms with E-state index in [1.807, 2.05) is 54.6 Å². The molecule has 0 aromatic heterocycles. The second-order valence-electron chi connectivity index (χ2n) is 8.05. The van der Waals surface area contributed by atoms with Gasteiger partial charge in [0.05, 0.1) is 6.54 Å². The molecule has 3 N–H and O–H groups in total. The molecule has 3 rings (SSSR count). The molecule has 8 heteroatoms. The summed E-state index contributed by atoms with van der Waals surface area (Å²) in [6, 6.07) is 15.0. The first-order valence-electron chi connectivity index (χ1n) is 11.0. The van der Waals surface area contributed by atoms with Crippen LogP contribution in [-0.2, 0) is 38.7 Å². The zero-order valence-corrected chi connectivity index (χ0v) is 18.7. The van der Waals surface area contributed by atoms with E-state index < -0.39 is 30.0 Å². The summed E-state index contributed by atoms with van der Waals surface area (Å²) in [6.45, 7) is 2.02. The number of nitrogens with zero attached hydrogens (tertiary/aromatic N) is 1. The maximum absolute atomic E-state index is 13.2. The van der Waals surface area contributed by atoms with E-state index in [4.69, 9.17) is 10.5 Å². The van der Waals surface area contributed by atoms with Gasteiger partial charge in [0.1, 0.15) is 24.5 Å². The van der Waals surface area contributed by atoms with Gasteiger partial charge in [0.25, 0.3) is 0 Å². The van der Waals surface area contributed by atoms with E-state index in [-0.39, 0.29) is 38.2 Å². The molecule has 0 radical (unpaired) electrons. The number of rotatable bonds is 9. The number of Topliss-reactive ketones (excluding diaryl/α,β-unsaturated/α-hetero) is 1. The third-order valence-electron chi connectivity index (χ3n) is 5.76. The van der Waals surface area contributed by atoms with E-state index in [2.05, 4.69) is 5.32 Å². The van der Waals surface area contributed by atoms with Crippen molar-refractivity contribution in [1.29, 1.82) is 0 Å². The van der Waals surface area contributed by atoms with Gasteiger partial charge in [0.2, 0.25) is 11.8 Å². The number of amides is 3. The van der Waals surface area contributed by atoms with Crippen molar-refractivity contribution in [3.8, 4) is 0 Å². The lowest BCUT2D eigenvalue weighted by Gasteiger charge is -2.35. The van der Waals surface area contributed by atoms with E-state index in [1.54, 1.807) is 6.92 Å². The molecule has 2 aromatic rings. The van der Waals surface area contributed by atoms with E-state index in [0.717, 1.165) is 16.7 Å². The summed E-state index contributed by atoms with van der Waals surface area (Å²) in [5.41, 5.74) is 8.16. The summed E-state index contributed by atoms with van der Waals surface area (Å²) in [4.78, 5) is 51.0. The molecule has 0 fully saturated rings. The van der Waals surface area contributed by atoms with Crippen molar-refractivity contribution in [3.63, 3.8) is 0 Å². The Morgan fingerprint density at radius 3 is 2.39 bits per heavy atom. The maximum Gasteiger partial charge on any atom is 0.411 e.